The maximum Gasteiger partial charge on any atom is 0.307 e. The number of ether oxygens (including phenoxy) is 1. The quantitative estimate of drug-likeness (QED) is 0.515. The van der Waals surface area contributed by atoms with E-state index in [-0.39, 0.29) is 17.8 Å². The third-order valence-electron chi connectivity index (χ3n) is 5.85. The van der Waals surface area contributed by atoms with Gasteiger partial charge in [-0.1, -0.05) is 30.3 Å². The van der Waals surface area contributed by atoms with Gasteiger partial charge in [0.05, 0.1) is 12.0 Å². The van der Waals surface area contributed by atoms with Crippen LogP contribution in [0.25, 0.3) is 0 Å². The molecule has 1 aliphatic rings. The van der Waals surface area contributed by atoms with Gasteiger partial charge < -0.3 is 9.84 Å². The molecule has 0 aliphatic heterocycles. The zero-order valence-corrected chi connectivity index (χ0v) is 17.6. The van der Waals surface area contributed by atoms with Crippen molar-refractivity contribution in [3.05, 3.63) is 94.5 Å². The van der Waals surface area contributed by atoms with Crippen LogP contribution in [0, 0.1) is 17.2 Å². The van der Waals surface area contributed by atoms with Crippen LogP contribution in [0.4, 0.5) is 0 Å². The Morgan fingerprint density at radius 1 is 1.03 bits per heavy atom. The maximum absolute atomic E-state index is 12.8. The second-order valence-corrected chi connectivity index (χ2v) is 8.14. The number of hydrogen-bond donors (Lipinski definition) is 1. The lowest BCUT2D eigenvalue weighted by atomic mass is 9.81. The first-order valence-corrected chi connectivity index (χ1v) is 10.6. The minimum atomic E-state index is -0.958. The monoisotopic (exact) mass is 425 g/mol. The van der Waals surface area contributed by atoms with E-state index in [4.69, 9.17) is 9.84 Å². The van der Waals surface area contributed by atoms with E-state index in [9.17, 15) is 14.9 Å². The summed E-state index contributed by atoms with van der Waals surface area (Å²) < 4.78 is 5.80. The van der Waals surface area contributed by atoms with Gasteiger partial charge in [0.25, 0.3) is 0 Å². The molecule has 0 spiro atoms. The fraction of sp³-hybridized carbons (Fsp3) is 0.222. The fourth-order valence-electron chi connectivity index (χ4n) is 4.20. The second kappa shape index (κ2) is 9.49. The Labute approximate surface area is 186 Å². The van der Waals surface area contributed by atoms with Crippen molar-refractivity contribution in [1.82, 2.24) is 0 Å². The predicted molar refractivity (Wildman–Crippen MR) is 120 cm³/mol. The molecule has 3 aromatic rings. The molecule has 160 valence electrons. The highest BCUT2D eigenvalue weighted by atomic mass is 16.5. The van der Waals surface area contributed by atoms with Crippen molar-refractivity contribution in [2.75, 3.05) is 0 Å². The summed E-state index contributed by atoms with van der Waals surface area (Å²) in [5.74, 6) is 0.380. The maximum atomic E-state index is 12.8. The molecule has 0 aromatic heterocycles. The SMILES string of the molecule is N#Cc1cc(CC(=O)O)ccc1Oc1ccc(C(=O)CC2CCc3ccccc3C2)cc1. The highest BCUT2D eigenvalue weighted by molar-refractivity contribution is 5.96. The number of hydrogen-bond acceptors (Lipinski definition) is 4. The number of ketones is 1. The highest BCUT2D eigenvalue weighted by Gasteiger charge is 2.21. The number of Topliss-reactive ketones (excluding diaryl/α,β-unsaturated/α-hetero) is 1. The number of aryl methyl sites for hydroxylation is 1. The van der Waals surface area contributed by atoms with Gasteiger partial charge in [-0.2, -0.15) is 5.26 Å². The van der Waals surface area contributed by atoms with Crippen LogP contribution in [-0.2, 0) is 24.1 Å². The summed E-state index contributed by atoms with van der Waals surface area (Å²) in [6, 6.07) is 22.2. The molecule has 1 atom stereocenters. The first-order valence-electron chi connectivity index (χ1n) is 10.6. The van der Waals surface area contributed by atoms with E-state index in [0.717, 1.165) is 19.3 Å². The largest absolute Gasteiger partial charge is 0.481 e. The van der Waals surface area contributed by atoms with Crippen molar-refractivity contribution in [2.24, 2.45) is 5.92 Å². The first-order chi connectivity index (χ1) is 15.5. The standard InChI is InChI=1S/C27H23NO4/c28-17-23-14-19(16-27(30)31)6-12-26(23)32-24-10-8-21(9-11-24)25(29)15-18-5-7-20-3-1-2-4-22(20)13-18/h1-4,6,8-12,14,18H,5,7,13,15-16H2,(H,30,31). The van der Waals surface area contributed by atoms with Crippen molar-refractivity contribution in [3.63, 3.8) is 0 Å². The van der Waals surface area contributed by atoms with Crippen molar-refractivity contribution >= 4 is 11.8 Å². The topological polar surface area (TPSA) is 87.4 Å². The third-order valence-corrected chi connectivity index (χ3v) is 5.85. The summed E-state index contributed by atoms with van der Waals surface area (Å²) in [7, 11) is 0. The van der Waals surface area contributed by atoms with Crippen LogP contribution in [-0.4, -0.2) is 16.9 Å². The van der Waals surface area contributed by atoms with Crippen LogP contribution >= 0.6 is 0 Å². The van der Waals surface area contributed by atoms with Gasteiger partial charge in [0.1, 0.15) is 17.6 Å². The van der Waals surface area contributed by atoms with Crippen LogP contribution in [0.3, 0.4) is 0 Å². The van der Waals surface area contributed by atoms with Gasteiger partial charge in [-0.15, -0.1) is 0 Å². The summed E-state index contributed by atoms with van der Waals surface area (Å²) in [4.78, 5) is 23.7. The zero-order chi connectivity index (χ0) is 22.5. The average molecular weight is 425 g/mol. The van der Waals surface area contributed by atoms with E-state index in [1.807, 2.05) is 6.07 Å². The van der Waals surface area contributed by atoms with Gasteiger partial charge in [0.2, 0.25) is 0 Å². The van der Waals surface area contributed by atoms with E-state index in [1.54, 1.807) is 36.4 Å². The Morgan fingerprint density at radius 3 is 2.50 bits per heavy atom. The minimum absolute atomic E-state index is 0.122. The van der Waals surface area contributed by atoms with Gasteiger partial charge >= 0.3 is 5.97 Å². The predicted octanol–water partition coefficient (Wildman–Crippen LogP) is 5.36. The number of benzene rings is 3. The number of fused-ring (bicyclic) bond motifs is 1. The molecule has 0 amide bonds. The summed E-state index contributed by atoms with van der Waals surface area (Å²) in [5.41, 5.74) is 4.19. The van der Waals surface area contributed by atoms with E-state index in [1.165, 1.54) is 17.2 Å². The lowest BCUT2D eigenvalue weighted by molar-refractivity contribution is -0.136. The second-order valence-electron chi connectivity index (χ2n) is 8.14. The van der Waals surface area contributed by atoms with Crippen LogP contribution in [0.5, 0.6) is 11.5 Å². The fourth-order valence-corrected chi connectivity index (χ4v) is 4.20. The summed E-state index contributed by atoms with van der Waals surface area (Å²) in [5, 5.41) is 18.3. The number of carboxylic acids is 1. The summed E-state index contributed by atoms with van der Waals surface area (Å²) in [6.07, 6.45) is 3.36. The Morgan fingerprint density at radius 2 is 1.78 bits per heavy atom. The molecular weight excluding hydrogens is 402 g/mol. The Balaban J connectivity index is 1.40. The lowest BCUT2D eigenvalue weighted by Crippen LogP contribution is -2.17. The Kier molecular flexibility index (Phi) is 6.32. The van der Waals surface area contributed by atoms with Gasteiger partial charge in [-0.25, -0.2) is 0 Å². The number of carbonyl (C=O) groups is 2. The molecule has 32 heavy (non-hydrogen) atoms. The molecule has 3 aromatic carbocycles. The molecule has 0 heterocycles. The number of nitriles is 1. The van der Waals surface area contributed by atoms with Gasteiger partial charge in [-0.3, -0.25) is 9.59 Å². The van der Waals surface area contributed by atoms with Crippen molar-refractivity contribution < 1.29 is 19.4 Å². The van der Waals surface area contributed by atoms with Crippen LogP contribution in [0.2, 0.25) is 0 Å². The Bertz CT molecular complexity index is 1190. The number of aliphatic carboxylic acids is 1. The highest BCUT2D eigenvalue weighted by Crippen LogP contribution is 2.30. The summed E-state index contributed by atoms with van der Waals surface area (Å²) in [6.45, 7) is 0. The van der Waals surface area contributed by atoms with E-state index < -0.39 is 5.97 Å². The molecule has 0 bridgehead atoms. The van der Waals surface area contributed by atoms with Gasteiger partial charge in [-0.05, 0) is 78.3 Å². The third kappa shape index (κ3) is 5.04. The van der Waals surface area contributed by atoms with Crippen LogP contribution in [0.1, 0.15) is 45.5 Å². The van der Waals surface area contributed by atoms with Crippen LogP contribution < -0.4 is 4.74 Å². The molecule has 5 heteroatoms. The zero-order valence-electron chi connectivity index (χ0n) is 17.6. The number of nitrogens with zero attached hydrogens (tertiary/aromatic N) is 1. The molecule has 1 unspecified atom stereocenters. The number of carbonyl (C=O) groups excluding carboxylic acids is 1. The normalized spacial score (nSPS) is 14.8. The molecule has 0 fully saturated rings. The molecule has 0 radical (unpaired) electrons. The summed E-state index contributed by atoms with van der Waals surface area (Å²) >= 11 is 0. The smallest absolute Gasteiger partial charge is 0.307 e. The Hall–Kier alpha value is -3.91. The molecule has 5 nitrogen and oxygen atoms in total. The van der Waals surface area contributed by atoms with Gasteiger partial charge in [0.15, 0.2) is 5.78 Å². The first kappa shape index (κ1) is 21.3. The average Bonchev–Trinajstić information content (AvgIpc) is 2.80. The number of carboxylic acid groups (broad SMARTS) is 1. The van der Waals surface area contributed by atoms with Crippen molar-refractivity contribution in [2.45, 2.75) is 32.1 Å². The lowest BCUT2D eigenvalue weighted by Gasteiger charge is -2.24. The minimum Gasteiger partial charge on any atom is -0.481 e. The van der Waals surface area contributed by atoms with Gasteiger partial charge in [0, 0.05) is 12.0 Å². The molecule has 1 aliphatic carbocycles. The van der Waals surface area contributed by atoms with Crippen LogP contribution in [0.15, 0.2) is 66.7 Å². The van der Waals surface area contributed by atoms with Crippen molar-refractivity contribution in [1.29, 1.82) is 5.26 Å². The molecule has 1 N–H and O–H groups in total. The van der Waals surface area contributed by atoms with E-state index in [0.29, 0.717) is 35.0 Å². The molecule has 4 rings (SSSR count). The molecular formula is C27H23NO4. The van der Waals surface area contributed by atoms with Crippen molar-refractivity contribution in [3.8, 4) is 17.6 Å². The molecule has 0 saturated carbocycles. The van der Waals surface area contributed by atoms with E-state index >= 15 is 0 Å². The number of rotatable bonds is 7. The van der Waals surface area contributed by atoms with E-state index in [2.05, 4.69) is 24.3 Å². The molecule has 0 saturated heterocycles.